The van der Waals surface area contributed by atoms with Gasteiger partial charge in [0.25, 0.3) is 0 Å². The Hall–Kier alpha value is -1.81. The highest BCUT2D eigenvalue weighted by molar-refractivity contribution is 5.91. The van der Waals surface area contributed by atoms with Crippen molar-refractivity contribution in [3.8, 4) is 0 Å². The van der Waals surface area contributed by atoms with Crippen molar-refractivity contribution >= 4 is 17.7 Å². The van der Waals surface area contributed by atoms with E-state index < -0.39 is 0 Å². The van der Waals surface area contributed by atoms with E-state index in [9.17, 15) is 4.79 Å². The fourth-order valence-electron chi connectivity index (χ4n) is 2.33. The predicted octanol–water partition coefficient (Wildman–Crippen LogP) is 2.31. The quantitative estimate of drug-likeness (QED) is 0.845. The monoisotopic (exact) mass is 288 g/mol. The van der Waals surface area contributed by atoms with Crippen LogP contribution in [0.1, 0.15) is 18.4 Å². The third-order valence-corrected chi connectivity index (χ3v) is 3.66. The Morgan fingerprint density at radius 2 is 2.14 bits per heavy atom. The topological polar surface area (TPSA) is 41.6 Å². The second-order valence-corrected chi connectivity index (χ2v) is 5.65. The number of rotatable bonds is 5. The largest absolute Gasteiger partial charge is 0.381 e. The number of nitrogens with zero attached hydrogens (tertiary/aromatic N) is 1. The molecule has 0 radical (unpaired) electrons. The van der Waals surface area contributed by atoms with Gasteiger partial charge in [0, 0.05) is 39.0 Å². The maximum atomic E-state index is 11.8. The van der Waals surface area contributed by atoms with Crippen molar-refractivity contribution in [1.82, 2.24) is 5.32 Å². The minimum absolute atomic E-state index is 0.0442. The third-order valence-electron chi connectivity index (χ3n) is 3.66. The first-order valence-corrected chi connectivity index (χ1v) is 7.46. The van der Waals surface area contributed by atoms with Gasteiger partial charge in [-0.15, -0.1) is 0 Å². The molecule has 0 aromatic heterocycles. The lowest BCUT2D eigenvalue weighted by Gasteiger charge is -2.21. The summed E-state index contributed by atoms with van der Waals surface area (Å²) >= 11 is 0. The molecule has 1 aromatic carbocycles. The van der Waals surface area contributed by atoms with E-state index in [1.54, 1.807) is 6.08 Å². The Morgan fingerprint density at radius 3 is 2.76 bits per heavy atom. The Kier molecular flexibility index (Phi) is 5.81. The van der Waals surface area contributed by atoms with Crippen molar-refractivity contribution in [3.05, 3.63) is 35.9 Å². The molecule has 21 heavy (non-hydrogen) atoms. The first kappa shape index (κ1) is 15.6. The van der Waals surface area contributed by atoms with Crippen LogP contribution in [0.5, 0.6) is 0 Å². The van der Waals surface area contributed by atoms with Gasteiger partial charge in [-0.3, -0.25) is 4.79 Å². The summed E-state index contributed by atoms with van der Waals surface area (Å²) in [6.45, 7) is 2.31. The minimum Gasteiger partial charge on any atom is -0.381 e. The summed E-state index contributed by atoms with van der Waals surface area (Å²) in [6.07, 6.45) is 5.66. The molecule has 0 bridgehead atoms. The average Bonchev–Trinajstić information content (AvgIpc) is 2.52. The van der Waals surface area contributed by atoms with Gasteiger partial charge in [0.1, 0.15) is 0 Å². The number of hydrogen-bond acceptors (Lipinski definition) is 3. The van der Waals surface area contributed by atoms with Gasteiger partial charge in [0.15, 0.2) is 0 Å². The number of nitrogens with one attached hydrogen (secondary N) is 1. The molecule has 4 heteroatoms. The second-order valence-electron chi connectivity index (χ2n) is 5.65. The van der Waals surface area contributed by atoms with Gasteiger partial charge in [-0.2, -0.15) is 0 Å². The van der Waals surface area contributed by atoms with E-state index in [0.717, 1.165) is 37.3 Å². The molecule has 4 nitrogen and oxygen atoms in total. The van der Waals surface area contributed by atoms with Crippen molar-refractivity contribution in [1.29, 1.82) is 0 Å². The van der Waals surface area contributed by atoms with Gasteiger partial charge >= 0.3 is 0 Å². The van der Waals surface area contributed by atoms with E-state index >= 15 is 0 Å². The van der Waals surface area contributed by atoms with Gasteiger partial charge in [-0.1, -0.05) is 12.1 Å². The average molecular weight is 288 g/mol. The molecule has 1 aliphatic rings. The smallest absolute Gasteiger partial charge is 0.244 e. The lowest BCUT2D eigenvalue weighted by atomic mass is 10.0. The lowest BCUT2D eigenvalue weighted by molar-refractivity contribution is -0.116. The summed E-state index contributed by atoms with van der Waals surface area (Å²) in [5, 5.41) is 2.94. The van der Waals surface area contributed by atoms with Crippen LogP contribution in [0.4, 0.5) is 5.69 Å². The summed E-state index contributed by atoms with van der Waals surface area (Å²) in [6, 6.07) is 8.09. The van der Waals surface area contributed by atoms with E-state index in [-0.39, 0.29) is 5.91 Å². The number of benzene rings is 1. The zero-order valence-corrected chi connectivity index (χ0v) is 12.8. The van der Waals surface area contributed by atoms with Crippen LogP contribution in [0.2, 0.25) is 0 Å². The van der Waals surface area contributed by atoms with E-state index in [2.05, 4.69) is 5.32 Å². The lowest BCUT2D eigenvalue weighted by Crippen LogP contribution is -2.32. The number of amides is 1. The Balaban J connectivity index is 1.78. The first-order chi connectivity index (χ1) is 10.1. The fourth-order valence-corrected chi connectivity index (χ4v) is 2.33. The maximum absolute atomic E-state index is 11.8. The molecule has 0 saturated carbocycles. The molecule has 0 spiro atoms. The SMILES string of the molecule is CN(C)c1ccc(/C=C\C(=O)NC[C@@H]2CCCOC2)cc1. The molecule has 1 N–H and O–H groups in total. The number of anilines is 1. The van der Waals surface area contributed by atoms with Crippen LogP contribution < -0.4 is 10.2 Å². The van der Waals surface area contributed by atoms with Crippen LogP contribution in [0.25, 0.3) is 6.08 Å². The Morgan fingerprint density at radius 1 is 1.38 bits per heavy atom. The fraction of sp³-hybridized carbons (Fsp3) is 0.471. The summed E-state index contributed by atoms with van der Waals surface area (Å²) in [5.74, 6) is 0.410. The summed E-state index contributed by atoms with van der Waals surface area (Å²) in [5.41, 5.74) is 2.17. The zero-order valence-electron chi connectivity index (χ0n) is 12.8. The van der Waals surface area contributed by atoms with Crippen molar-refractivity contribution in [2.24, 2.45) is 5.92 Å². The van der Waals surface area contributed by atoms with Crippen LogP contribution in [0.15, 0.2) is 30.3 Å². The molecule has 1 amide bonds. The van der Waals surface area contributed by atoms with Crippen molar-refractivity contribution in [3.63, 3.8) is 0 Å². The molecule has 1 atom stereocenters. The van der Waals surface area contributed by atoms with Gasteiger partial charge < -0.3 is 15.0 Å². The molecule has 1 saturated heterocycles. The molecule has 2 rings (SSSR count). The summed E-state index contributed by atoms with van der Waals surface area (Å²) in [4.78, 5) is 13.8. The van der Waals surface area contributed by atoms with Gasteiger partial charge in [-0.25, -0.2) is 0 Å². The van der Waals surface area contributed by atoms with Crippen molar-refractivity contribution in [2.45, 2.75) is 12.8 Å². The van der Waals surface area contributed by atoms with Crippen LogP contribution in [-0.4, -0.2) is 39.8 Å². The molecule has 1 aliphatic heterocycles. The summed E-state index contributed by atoms with van der Waals surface area (Å²) in [7, 11) is 4.01. The van der Waals surface area contributed by atoms with Gasteiger partial charge in [0.2, 0.25) is 5.91 Å². The first-order valence-electron chi connectivity index (χ1n) is 7.46. The van der Waals surface area contributed by atoms with Crippen LogP contribution >= 0.6 is 0 Å². The molecule has 1 aromatic rings. The standard InChI is InChI=1S/C17H24N2O2/c1-19(2)16-8-5-14(6-9-16)7-10-17(20)18-12-15-4-3-11-21-13-15/h5-10,15H,3-4,11-13H2,1-2H3,(H,18,20)/b10-7-/t15-/m0/s1. The number of carbonyl (C=O) groups excluding carboxylic acids is 1. The second kappa shape index (κ2) is 7.84. The van der Waals surface area contributed by atoms with Crippen molar-refractivity contribution in [2.75, 3.05) is 38.8 Å². The van der Waals surface area contributed by atoms with Crippen LogP contribution in [0, 0.1) is 5.92 Å². The minimum atomic E-state index is -0.0442. The third kappa shape index (κ3) is 5.23. The molecule has 114 valence electrons. The molecule has 0 aliphatic carbocycles. The highest BCUT2D eigenvalue weighted by Crippen LogP contribution is 2.13. The normalized spacial score (nSPS) is 18.7. The highest BCUT2D eigenvalue weighted by Gasteiger charge is 2.13. The maximum Gasteiger partial charge on any atom is 0.244 e. The zero-order chi connectivity index (χ0) is 15.1. The summed E-state index contributed by atoms with van der Waals surface area (Å²) < 4.78 is 5.40. The highest BCUT2D eigenvalue weighted by atomic mass is 16.5. The molecular weight excluding hydrogens is 264 g/mol. The number of ether oxygens (including phenoxy) is 1. The van der Waals surface area contributed by atoms with Gasteiger partial charge in [-0.05, 0) is 42.5 Å². The van der Waals surface area contributed by atoms with E-state index in [1.165, 1.54) is 0 Å². The van der Waals surface area contributed by atoms with E-state index in [4.69, 9.17) is 4.74 Å². The molecule has 1 heterocycles. The van der Waals surface area contributed by atoms with Gasteiger partial charge in [0.05, 0.1) is 6.61 Å². The Labute approximate surface area is 126 Å². The van der Waals surface area contributed by atoms with Crippen LogP contribution in [-0.2, 0) is 9.53 Å². The predicted molar refractivity (Wildman–Crippen MR) is 86.4 cm³/mol. The molecular formula is C17H24N2O2. The number of carbonyl (C=O) groups is 1. The molecule has 0 unspecified atom stereocenters. The Bertz CT molecular complexity index is 474. The van der Waals surface area contributed by atoms with Crippen molar-refractivity contribution < 1.29 is 9.53 Å². The van der Waals surface area contributed by atoms with Crippen LogP contribution in [0.3, 0.4) is 0 Å². The number of hydrogen-bond donors (Lipinski definition) is 1. The molecule has 1 fully saturated rings. The van der Waals surface area contributed by atoms with E-state index in [1.807, 2.05) is 49.3 Å². The van der Waals surface area contributed by atoms with E-state index in [0.29, 0.717) is 12.5 Å².